The zero-order valence-electron chi connectivity index (χ0n) is 13.7. The summed E-state index contributed by atoms with van der Waals surface area (Å²) in [5.41, 5.74) is 2.84. The van der Waals surface area contributed by atoms with Crippen LogP contribution in [0.1, 0.15) is 35.2 Å². The number of carbonyl (C=O) groups excluding carboxylic acids is 1. The lowest BCUT2D eigenvalue weighted by atomic mass is 9.80. The smallest absolute Gasteiger partial charge is 0.226 e. The fourth-order valence-corrected chi connectivity index (χ4v) is 4.92. The Labute approximate surface area is 162 Å². The summed E-state index contributed by atoms with van der Waals surface area (Å²) in [6, 6.07) is 12.0. The van der Waals surface area contributed by atoms with Crippen LogP contribution in [0.3, 0.4) is 0 Å². The topological polar surface area (TPSA) is 59.8 Å². The van der Waals surface area contributed by atoms with E-state index >= 15 is 0 Å². The molecule has 2 aliphatic rings. The number of Topliss-reactive ketones (excluding diaryl/α,β-unsaturated/α-hetero) is 1. The Morgan fingerprint density at radius 1 is 1.19 bits per heavy atom. The van der Waals surface area contributed by atoms with E-state index < -0.39 is 0 Å². The number of halogens is 1. The highest BCUT2D eigenvalue weighted by molar-refractivity contribution is 9.10. The van der Waals surface area contributed by atoms with Crippen LogP contribution in [0.5, 0.6) is 0 Å². The van der Waals surface area contributed by atoms with Gasteiger partial charge in [0.2, 0.25) is 5.95 Å². The Balaban J connectivity index is 1.62. The molecule has 130 valence electrons. The van der Waals surface area contributed by atoms with Crippen molar-refractivity contribution in [3.8, 4) is 0 Å². The summed E-state index contributed by atoms with van der Waals surface area (Å²) in [6.07, 6.45) is 2.90. The maximum Gasteiger partial charge on any atom is 0.226 e. The third-order valence-electron chi connectivity index (χ3n) is 4.99. The fourth-order valence-electron chi connectivity index (χ4n) is 3.83. The van der Waals surface area contributed by atoms with E-state index in [1.54, 1.807) is 11.3 Å². The van der Waals surface area contributed by atoms with Gasteiger partial charge in [0.15, 0.2) is 5.78 Å². The second kappa shape index (κ2) is 6.17. The molecule has 2 atom stereocenters. The molecular weight excluding hydrogens is 412 g/mol. The summed E-state index contributed by atoms with van der Waals surface area (Å²) >= 11 is 5.20. The molecule has 5 rings (SSSR count). The molecule has 0 radical (unpaired) electrons. The van der Waals surface area contributed by atoms with Crippen LogP contribution < -0.4 is 5.32 Å². The van der Waals surface area contributed by atoms with Gasteiger partial charge < -0.3 is 5.32 Å². The summed E-state index contributed by atoms with van der Waals surface area (Å²) in [4.78, 5) is 18.8. The molecule has 2 aromatic heterocycles. The van der Waals surface area contributed by atoms with Gasteiger partial charge >= 0.3 is 0 Å². The zero-order valence-corrected chi connectivity index (χ0v) is 16.1. The number of hydrogen-bond acceptors (Lipinski definition) is 5. The highest BCUT2D eigenvalue weighted by Crippen LogP contribution is 2.44. The van der Waals surface area contributed by atoms with Gasteiger partial charge in [-0.3, -0.25) is 4.79 Å². The normalized spacial score (nSPS) is 22.0. The van der Waals surface area contributed by atoms with Crippen LogP contribution in [-0.2, 0) is 4.79 Å². The number of benzene rings is 1. The first-order chi connectivity index (χ1) is 12.7. The van der Waals surface area contributed by atoms with Gasteiger partial charge in [0, 0.05) is 33.0 Å². The van der Waals surface area contributed by atoms with E-state index in [9.17, 15) is 4.79 Å². The third-order valence-corrected chi connectivity index (χ3v) is 6.56. The van der Waals surface area contributed by atoms with Crippen molar-refractivity contribution in [3.05, 3.63) is 74.3 Å². The Morgan fingerprint density at radius 2 is 2.04 bits per heavy atom. The lowest BCUT2D eigenvalue weighted by Crippen LogP contribution is -2.33. The first kappa shape index (κ1) is 16.0. The predicted molar refractivity (Wildman–Crippen MR) is 104 cm³/mol. The summed E-state index contributed by atoms with van der Waals surface area (Å²) in [5.74, 6) is 1.11. The molecule has 0 unspecified atom stereocenters. The number of rotatable bonds is 2. The summed E-state index contributed by atoms with van der Waals surface area (Å²) in [7, 11) is 0. The lowest BCUT2D eigenvalue weighted by molar-refractivity contribution is -0.116. The summed E-state index contributed by atoms with van der Waals surface area (Å²) < 4.78 is 2.82. The van der Waals surface area contributed by atoms with Gasteiger partial charge in [-0.05, 0) is 35.6 Å². The van der Waals surface area contributed by atoms with Gasteiger partial charge in [0.05, 0.1) is 0 Å². The van der Waals surface area contributed by atoms with Gasteiger partial charge in [-0.2, -0.15) is 10.1 Å². The number of nitrogens with zero attached hydrogens (tertiary/aromatic N) is 3. The fraction of sp³-hybridized carbons (Fsp3) is 0.211. The first-order valence-electron chi connectivity index (χ1n) is 8.42. The van der Waals surface area contributed by atoms with Crippen molar-refractivity contribution in [1.29, 1.82) is 0 Å². The Bertz CT molecular complexity index is 1010. The SMILES string of the molecule is O=C1C[C@H](c2cccs2)CC2=C1[C@@H](c1ccc(Br)cc1)n1ncnc1N2. The predicted octanol–water partition coefficient (Wildman–Crippen LogP) is 4.52. The van der Waals surface area contributed by atoms with Gasteiger partial charge in [-0.15, -0.1) is 11.3 Å². The van der Waals surface area contributed by atoms with Gasteiger partial charge in [-0.25, -0.2) is 4.68 Å². The van der Waals surface area contributed by atoms with Crippen molar-refractivity contribution < 1.29 is 4.79 Å². The average molecular weight is 427 g/mol. The maximum absolute atomic E-state index is 13.2. The van der Waals surface area contributed by atoms with E-state index in [1.165, 1.54) is 11.2 Å². The van der Waals surface area contributed by atoms with E-state index in [-0.39, 0.29) is 17.7 Å². The number of ketones is 1. The standard InChI is InChI=1S/C19H15BrN4OS/c20-13-5-3-11(4-6-13)18-17-14(23-19-21-10-22-24(18)19)8-12(9-15(17)25)16-2-1-7-26-16/h1-7,10,12,18H,8-9H2,(H,21,22,23)/t12-,18-/m1/s1. The van der Waals surface area contributed by atoms with E-state index in [4.69, 9.17) is 0 Å². The van der Waals surface area contributed by atoms with Gasteiger partial charge in [0.25, 0.3) is 0 Å². The number of carbonyl (C=O) groups is 1. The monoisotopic (exact) mass is 426 g/mol. The number of allylic oxidation sites excluding steroid dienone is 2. The minimum absolute atomic E-state index is 0.186. The van der Waals surface area contributed by atoms with Crippen molar-refractivity contribution in [1.82, 2.24) is 14.8 Å². The van der Waals surface area contributed by atoms with E-state index in [0.717, 1.165) is 27.7 Å². The number of nitrogens with one attached hydrogen (secondary N) is 1. The molecule has 26 heavy (non-hydrogen) atoms. The molecular formula is C19H15BrN4OS. The third kappa shape index (κ3) is 2.54. The lowest BCUT2D eigenvalue weighted by Gasteiger charge is -2.34. The van der Waals surface area contributed by atoms with Gasteiger partial charge in [-0.1, -0.05) is 34.1 Å². The van der Waals surface area contributed by atoms with Crippen molar-refractivity contribution >= 4 is 39.0 Å². The number of fused-ring (bicyclic) bond motifs is 1. The second-order valence-corrected chi connectivity index (χ2v) is 8.44. The minimum Gasteiger partial charge on any atom is -0.328 e. The molecule has 3 aromatic rings. The van der Waals surface area contributed by atoms with E-state index in [0.29, 0.717) is 12.4 Å². The number of anilines is 1. The number of hydrogen-bond donors (Lipinski definition) is 1. The van der Waals surface area contributed by atoms with Crippen molar-refractivity contribution in [2.45, 2.75) is 24.8 Å². The van der Waals surface area contributed by atoms with Crippen LogP contribution in [0.4, 0.5) is 5.95 Å². The summed E-state index contributed by atoms with van der Waals surface area (Å²) in [5, 5.41) is 9.80. The van der Waals surface area contributed by atoms with E-state index in [2.05, 4.69) is 42.8 Å². The molecule has 1 aliphatic carbocycles. The molecule has 1 aromatic carbocycles. The molecule has 0 fully saturated rings. The molecule has 1 aliphatic heterocycles. The molecule has 0 amide bonds. The minimum atomic E-state index is -0.228. The van der Waals surface area contributed by atoms with Crippen molar-refractivity contribution in [3.63, 3.8) is 0 Å². The van der Waals surface area contributed by atoms with Crippen LogP contribution in [0, 0.1) is 0 Å². The van der Waals surface area contributed by atoms with E-state index in [1.807, 2.05) is 35.0 Å². The van der Waals surface area contributed by atoms with Crippen LogP contribution in [-0.4, -0.2) is 20.5 Å². The van der Waals surface area contributed by atoms with Gasteiger partial charge in [0.1, 0.15) is 12.4 Å². The Kier molecular flexibility index (Phi) is 3.79. The average Bonchev–Trinajstić information content (AvgIpc) is 3.32. The first-order valence-corrected chi connectivity index (χ1v) is 10.1. The zero-order chi connectivity index (χ0) is 17.7. The Morgan fingerprint density at radius 3 is 2.81 bits per heavy atom. The Hall–Kier alpha value is -2.25. The number of aromatic nitrogens is 3. The molecule has 7 heteroatoms. The van der Waals surface area contributed by atoms with Crippen LogP contribution in [0.15, 0.2) is 63.8 Å². The molecule has 1 N–H and O–H groups in total. The molecule has 5 nitrogen and oxygen atoms in total. The number of thiophene rings is 1. The largest absolute Gasteiger partial charge is 0.328 e. The van der Waals surface area contributed by atoms with Crippen LogP contribution >= 0.6 is 27.3 Å². The molecule has 0 saturated carbocycles. The second-order valence-electron chi connectivity index (χ2n) is 6.54. The van der Waals surface area contributed by atoms with Crippen LogP contribution in [0.2, 0.25) is 0 Å². The molecule has 0 bridgehead atoms. The van der Waals surface area contributed by atoms with Crippen molar-refractivity contribution in [2.24, 2.45) is 0 Å². The maximum atomic E-state index is 13.2. The molecule has 0 spiro atoms. The highest BCUT2D eigenvalue weighted by atomic mass is 79.9. The van der Waals surface area contributed by atoms with Crippen LogP contribution in [0.25, 0.3) is 0 Å². The summed E-state index contributed by atoms with van der Waals surface area (Å²) in [6.45, 7) is 0. The highest BCUT2D eigenvalue weighted by Gasteiger charge is 2.39. The molecule has 0 saturated heterocycles. The molecule has 3 heterocycles. The quantitative estimate of drug-likeness (QED) is 0.654. The van der Waals surface area contributed by atoms with Crippen molar-refractivity contribution in [2.75, 3.05) is 5.32 Å².